The van der Waals surface area contributed by atoms with E-state index in [1.807, 2.05) is 5.38 Å². The second kappa shape index (κ2) is 6.69. The Bertz CT molecular complexity index is 681. The lowest BCUT2D eigenvalue weighted by atomic mass is 10.1. The molecule has 2 aromatic rings. The Morgan fingerprint density at radius 3 is 2.68 bits per heavy atom. The molecule has 1 aromatic heterocycles. The van der Waals surface area contributed by atoms with Crippen LogP contribution < -0.4 is 5.43 Å². The molecule has 0 bridgehead atoms. The summed E-state index contributed by atoms with van der Waals surface area (Å²) >= 11 is 1.45. The molecule has 0 aliphatic carbocycles. The monoisotopic (exact) mass is 330 g/mol. The Labute approximate surface area is 127 Å². The summed E-state index contributed by atoms with van der Waals surface area (Å²) in [6.45, 7) is 0. The predicted octanol–water partition coefficient (Wildman–Crippen LogP) is 3.60. The largest absolute Gasteiger partial charge is 0.416 e. The number of hydrazone groups is 1. The van der Waals surface area contributed by atoms with E-state index >= 15 is 0 Å². The van der Waals surface area contributed by atoms with Crippen molar-refractivity contribution in [1.29, 1.82) is 0 Å². The van der Waals surface area contributed by atoms with Gasteiger partial charge >= 0.3 is 6.18 Å². The first-order chi connectivity index (χ1) is 10.4. The van der Waals surface area contributed by atoms with Crippen molar-refractivity contribution in [3.63, 3.8) is 0 Å². The molecule has 116 valence electrons. The Morgan fingerprint density at radius 2 is 2.09 bits per heavy atom. The zero-order chi connectivity index (χ0) is 16.2. The van der Waals surface area contributed by atoms with E-state index in [0.29, 0.717) is 6.07 Å². The van der Waals surface area contributed by atoms with Crippen LogP contribution >= 0.6 is 11.3 Å². The maximum absolute atomic E-state index is 13.5. The number of carbonyl (C=O) groups is 1. The van der Waals surface area contributed by atoms with Gasteiger partial charge in [0.05, 0.1) is 18.2 Å². The van der Waals surface area contributed by atoms with E-state index in [9.17, 15) is 22.4 Å². The van der Waals surface area contributed by atoms with Crippen LogP contribution in [0.2, 0.25) is 0 Å². The zero-order valence-electron chi connectivity index (χ0n) is 11.0. The third kappa shape index (κ3) is 4.39. The molecule has 0 saturated carbocycles. The van der Waals surface area contributed by atoms with Crippen LogP contribution in [-0.4, -0.2) is 12.1 Å². The number of hydrogen-bond donors (Lipinski definition) is 1. The van der Waals surface area contributed by atoms with Gasteiger partial charge in [0.15, 0.2) is 0 Å². The Balaban J connectivity index is 1.97. The van der Waals surface area contributed by atoms with Crippen molar-refractivity contribution < 1.29 is 22.4 Å². The van der Waals surface area contributed by atoms with Crippen LogP contribution in [-0.2, 0) is 17.4 Å². The molecule has 1 aromatic carbocycles. The van der Waals surface area contributed by atoms with Crippen molar-refractivity contribution in [2.45, 2.75) is 12.6 Å². The van der Waals surface area contributed by atoms with Gasteiger partial charge in [-0.15, -0.1) is 0 Å². The minimum atomic E-state index is -4.61. The number of thiophene rings is 1. The van der Waals surface area contributed by atoms with Crippen molar-refractivity contribution in [2.24, 2.45) is 5.10 Å². The van der Waals surface area contributed by atoms with Crippen molar-refractivity contribution >= 4 is 23.5 Å². The van der Waals surface area contributed by atoms with Crippen molar-refractivity contribution in [1.82, 2.24) is 5.43 Å². The summed E-state index contributed by atoms with van der Waals surface area (Å²) < 4.78 is 50.7. The molecule has 0 unspecified atom stereocenters. The van der Waals surface area contributed by atoms with E-state index in [0.717, 1.165) is 23.9 Å². The summed E-state index contributed by atoms with van der Waals surface area (Å²) in [5.74, 6) is -1.47. The number of hydrogen-bond acceptors (Lipinski definition) is 3. The van der Waals surface area contributed by atoms with Gasteiger partial charge < -0.3 is 0 Å². The zero-order valence-corrected chi connectivity index (χ0v) is 11.8. The fourth-order valence-corrected chi connectivity index (χ4v) is 2.27. The van der Waals surface area contributed by atoms with Gasteiger partial charge in [-0.25, -0.2) is 9.82 Å². The van der Waals surface area contributed by atoms with Crippen molar-refractivity contribution in [3.8, 4) is 0 Å². The first-order valence-corrected chi connectivity index (χ1v) is 7.00. The molecule has 0 saturated heterocycles. The lowest BCUT2D eigenvalue weighted by Crippen LogP contribution is -2.19. The molecule has 1 amide bonds. The minimum Gasteiger partial charge on any atom is -0.273 e. The summed E-state index contributed by atoms with van der Waals surface area (Å²) in [6, 6.07) is 3.86. The standard InChI is InChI=1S/C14H10F4N2OS/c15-12-6-11(14(16,17)18)2-1-10(12)7-19-20-13(21)5-9-3-4-22-8-9/h1-4,6-8H,5H2,(H,20,21). The molecule has 0 aliphatic heterocycles. The van der Waals surface area contributed by atoms with E-state index in [2.05, 4.69) is 10.5 Å². The molecule has 0 aliphatic rings. The van der Waals surface area contributed by atoms with E-state index in [-0.39, 0.29) is 12.0 Å². The second-order valence-electron chi connectivity index (χ2n) is 4.34. The van der Waals surface area contributed by atoms with Crippen LogP contribution in [0.5, 0.6) is 0 Å². The van der Waals surface area contributed by atoms with Crippen LogP contribution in [0.25, 0.3) is 0 Å². The predicted molar refractivity (Wildman–Crippen MR) is 75.2 cm³/mol. The normalized spacial score (nSPS) is 11.8. The summed E-state index contributed by atoms with van der Waals surface area (Å²) in [4.78, 5) is 11.5. The number of rotatable bonds is 4. The molecule has 0 radical (unpaired) electrons. The second-order valence-corrected chi connectivity index (χ2v) is 5.12. The first-order valence-electron chi connectivity index (χ1n) is 6.06. The minimum absolute atomic E-state index is 0.121. The quantitative estimate of drug-likeness (QED) is 0.519. The third-order valence-corrected chi connectivity index (χ3v) is 3.40. The third-order valence-electron chi connectivity index (χ3n) is 2.67. The van der Waals surface area contributed by atoms with E-state index < -0.39 is 23.5 Å². The van der Waals surface area contributed by atoms with E-state index in [1.54, 1.807) is 11.4 Å². The molecule has 8 heteroatoms. The van der Waals surface area contributed by atoms with Crippen LogP contribution in [0.3, 0.4) is 0 Å². The fraction of sp³-hybridized carbons (Fsp3) is 0.143. The molecule has 1 N–H and O–H groups in total. The highest BCUT2D eigenvalue weighted by atomic mass is 32.1. The SMILES string of the molecule is O=C(Cc1ccsc1)NN=Cc1ccc(C(F)(F)F)cc1F. The first kappa shape index (κ1) is 16.2. The molecule has 2 rings (SSSR count). The number of benzene rings is 1. The van der Waals surface area contributed by atoms with Crippen LogP contribution in [0.1, 0.15) is 16.7 Å². The molecule has 0 spiro atoms. The maximum atomic E-state index is 13.5. The van der Waals surface area contributed by atoms with Gasteiger partial charge in [-0.1, -0.05) is 0 Å². The topological polar surface area (TPSA) is 41.5 Å². The smallest absolute Gasteiger partial charge is 0.273 e. The van der Waals surface area contributed by atoms with Gasteiger partial charge in [-0.2, -0.15) is 29.6 Å². The van der Waals surface area contributed by atoms with Gasteiger partial charge in [0.2, 0.25) is 5.91 Å². The number of amides is 1. The number of alkyl halides is 3. The van der Waals surface area contributed by atoms with Crippen LogP contribution in [0.15, 0.2) is 40.1 Å². The van der Waals surface area contributed by atoms with Crippen molar-refractivity contribution in [3.05, 3.63) is 57.5 Å². The molecule has 0 fully saturated rings. The Kier molecular flexibility index (Phi) is 4.92. The van der Waals surface area contributed by atoms with E-state index in [4.69, 9.17) is 0 Å². The molecular formula is C14H10F4N2OS. The maximum Gasteiger partial charge on any atom is 0.416 e. The molecule has 22 heavy (non-hydrogen) atoms. The Hall–Kier alpha value is -2.22. The highest BCUT2D eigenvalue weighted by Crippen LogP contribution is 2.29. The fourth-order valence-electron chi connectivity index (χ4n) is 1.60. The number of carbonyl (C=O) groups excluding carboxylic acids is 1. The summed E-state index contributed by atoms with van der Waals surface area (Å²) in [5.41, 5.74) is 1.78. The average molecular weight is 330 g/mol. The summed E-state index contributed by atoms with van der Waals surface area (Å²) in [6.07, 6.45) is -3.53. The molecular weight excluding hydrogens is 320 g/mol. The summed E-state index contributed by atoms with van der Waals surface area (Å²) in [5, 5.41) is 7.16. The van der Waals surface area contributed by atoms with Gasteiger partial charge in [0, 0.05) is 5.56 Å². The van der Waals surface area contributed by atoms with Crippen LogP contribution in [0.4, 0.5) is 17.6 Å². The van der Waals surface area contributed by atoms with Crippen LogP contribution in [0, 0.1) is 5.82 Å². The molecule has 1 heterocycles. The Morgan fingerprint density at radius 1 is 1.32 bits per heavy atom. The van der Waals surface area contributed by atoms with Gasteiger partial charge in [-0.05, 0) is 40.6 Å². The lowest BCUT2D eigenvalue weighted by molar-refractivity contribution is -0.137. The lowest BCUT2D eigenvalue weighted by Gasteiger charge is -2.07. The highest BCUT2D eigenvalue weighted by Gasteiger charge is 2.30. The van der Waals surface area contributed by atoms with E-state index in [1.165, 1.54) is 11.3 Å². The average Bonchev–Trinajstić information content (AvgIpc) is 2.92. The molecule has 0 atom stereocenters. The number of nitrogens with one attached hydrogen (secondary N) is 1. The van der Waals surface area contributed by atoms with Gasteiger partial charge in [0.25, 0.3) is 0 Å². The summed E-state index contributed by atoms with van der Waals surface area (Å²) in [7, 11) is 0. The number of halogens is 4. The highest BCUT2D eigenvalue weighted by molar-refractivity contribution is 7.07. The van der Waals surface area contributed by atoms with Crippen molar-refractivity contribution in [2.75, 3.05) is 0 Å². The number of nitrogens with zero attached hydrogens (tertiary/aromatic N) is 1. The molecule has 3 nitrogen and oxygen atoms in total. The van der Waals surface area contributed by atoms with Gasteiger partial charge in [-0.3, -0.25) is 4.79 Å². The van der Waals surface area contributed by atoms with Gasteiger partial charge in [0.1, 0.15) is 5.82 Å².